The van der Waals surface area contributed by atoms with Gasteiger partial charge in [-0.1, -0.05) is 26.8 Å². The number of carbonyl (C=O) groups excluding carboxylic acids is 2. The molecule has 0 bridgehead atoms. The molecule has 0 aromatic heterocycles. The van der Waals surface area contributed by atoms with Gasteiger partial charge >= 0.3 is 11.8 Å². The lowest BCUT2D eigenvalue weighted by Crippen LogP contribution is -2.45. The lowest BCUT2D eigenvalue weighted by molar-refractivity contribution is -0.136. The van der Waals surface area contributed by atoms with Crippen molar-refractivity contribution in [2.45, 2.75) is 52.6 Å². The van der Waals surface area contributed by atoms with E-state index in [1.165, 1.54) is 0 Å². The zero-order valence-corrected chi connectivity index (χ0v) is 13.8. The molecule has 1 rings (SSSR count). The van der Waals surface area contributed by atoms with Crippen molar-refractivity contribution in [1.82, 2.24) is 5.32 Å². The fourth-order valence-corrected chi connectivity index (χ4v) is 2.14. The average Bonchev–Trinajstić information content (AvgIpc) is 2.53. The van der Waals surface area contributed by atoms with Gasteiger partial charge in [-0.05, 0) is 49.4 Å². The quantitative estimate of drug-likeness (QED) is 0.705. The van der Waals surface area contributed by atoms with E-state index in [2.05, 4.69) is 10.6 Å². The first kappa shape index (κ1) is 18.2. The fraction of sp³-hybridized carbons (Fsp3) is 0.529. The van der Waals surface area contributed by atoms with E-state index >= 15 is 0 Å². The van der Waals surface area contributed by atoms with Gasteiger partial charge in [-0.15, -0.1) is 0 Å². The standard InChI is InChI=1S/C17H26N2O3/c1-5-13-10-14(9-8-12(13)4)19-16(21)15(20)18-11-17(22,6-2)7-3/h8-10,22H,5-7,11H2,1-4H3,(H,18,20)(H,19,21). The van der Waals surface area contributed by atoms with Crippen LogP contribution >= 0.6 is 0 Å². The van der Waals surface area contributed by atoms with Crippen LogP contribution in [0.2, 0.25) is 0 Å². The zero-order valence-electron chi connectivity index (χ0n) is 13.8. The number of benzene rings is 1. The predicted molar refractivity (Wildman–Crippen MR) is 87.7 cm³/mol. The molecule has 0 heterocycles. The highest BCUT2D eigenvalue weighted by Crippen LogP contribution is 2.16. The Labute approximate surface area is 132 Å². The summed E-state index contributed by atoms with van der Waals surface area (Å²) in [6.45, 7) is 7.80. The fourth-order valence-electron chi connectivity index (χ4n) is 2.14. The molecule has 0 aliphatic heterocycles. The highest BCUT2D eigenvalue weighted by atomic mass is 16.3. The summed E-state index contributed by atoms with van der Waals surface area (Å²) in [5.41, 5.74) is 1.92. The average molecular weight is 306 g/mol. The Bertz CT molecular complexity index is 537. The lowest BCUT2D eigenvalue weighted by atomic mass is 9.98. The number of amides is 2. The third-order valence-corrected chi connectivity index (χ3v) is 4.09. The van der Waals surface area contributed by atoms with E-state index in [0.29, 0.717) is 18.5 Å². The number of aliphatic hydroxyl groups is 1. The first-order chi connectivity index (χ1) is 10.3. The largest absolute Gasteiger partial charge is 0.388 e. The molecule has 2 amide bonds. The minimum absolute atomic E-state index is 0.0698. The number of anilines is 1. The molecular formula is C17H26N2O3. The second-order valence-electron chi connectivity index (χ2n) is 5.56. The maximum absolute atomic E-state index is 11.9. The summed E-state index contributed by atoms with van der Waals surface area (Å²) in [6.07, 6.45) is 1.90. The molecule has 0 radical (unpaired) electrons. The molecule has 0 unspecified atom stereocenters. The second kappa shape index (κ2) is 7.94. The summed E-state index contributed by atoms with van der Waals surface area (Å²) in [4.78, 5) is 23.7. The second-order valence-corrected chi connectivity index (χ2v) is 5.56. The van der Waals surface area contributed by atoms with Crippen molar-refractivity contribution >= 4 is 17.5 Å². The van der Waals surface area contributed by atoms with Crippen molar-refractivity contribution in [2.24, 2.45) is 0 Å². The van der Waals surface area contributed by atoms with Gasteiger partial charge in [-0.3, -0.25) is 9.59 Å². The molecule has 5 nitrogen and oxygen atoms in total. The van der Waals surface area contributed by atoms with Crippen molar-refractivity contribution in [1.29, 1.82) is 0 Å². The summed E-state index contributed by atoms with van der Waals surface area (Å²) in [7, 11) is 0. The molecule has 1 aromatic carbocycles. The van der Waals surface area contributed by atoms with Crippen LogP contribution in [-0.4, -0.2) is 29.1 Å². The van der Waals surface area contributed by atoms with E-state index in [0.717, 1.165) is 17.5 Å². The first-order valence-electron chi connectivity index (χ1n) is 7.76. The van der Waals surface area contributed by atoms with E-state index in [-0.39, 0.29) is 6.54 Å². The van der Waals surface area contributed by atoms with Gasteiger partial charge in [0.2, 0.25) is 0 Å². The topological polar surface area (TPSA) is 78.4 Å². The smallest absolute Gasteiger partial charge is 0.313 e. The van der Waals surface area contributed by atoms with Gasteiger partial charge in [0.25, 0.3) is 0 Å². The van der Waals surface area contributed by atoms with Crippen molar-refractivity contribution in [2.75, 3.05) is 11.9 Å². The van der Waals surface area contributed by atoms with Gasteiger partial charge < -0.3 is 15.7 Å². The minimum Gasteiger partial charge on any atom is -0.388 e. The summed E-state index contributed by atoms with van der Waals surface area (Å²) in [6, 6.07) is 5.56. The molecule has 0 spiro atoms. The number of hydrogen-bond acceptors (Lipinski definition) is 3. The Morgan fingerprint density at radius 2 is 1.77 bits per heavy atom. The molecule has 0 aliphatic carbocycles. The molecule has 0 saturated heterocycles. The molecule has 3 N–H and O–H groups in total. The van der Waals surface area contributed by atoms with Gasteiger partial charge in [0.1, 0.15) is 0 Å². The van der Waals surface area contributed by atoms with E-state index in [4.69, 9.17) is 0 Å². The number of nitrogens with one attached hydrogen (secondary N) is 2. The summed E-state index contributed by atoms with van der Waals surface area (Å²) in [5.74, 6) is -1.46. The lowest BCUT2D eigenvalue weighted by Gasteiger charge is -2.25. The van der Waals surface area contributed by atoms with Crippen LogP contribution in [0.15, 0.2) is 18.2 Å². The molecular weight excluding hydrogens is 280 g/mol. The Morgan fingerprint density at radius 1 is 1.14 bits per heavy atom. The van der Waals surface area contributed by atoms with Crippen LogP contribution < -0.4 is 10.6 Å². The molecule has 5 heteroatoms. The van der Waals surface area contributed by atoms with Crippen LogP contribution in [-0.2, 0) is 16.0 Å². The van der Waals surface area contributed by atoms with Gasteiger partial charge in [-0.25, -0.2) is 0 Å². The van der Waals surface area contributed by atoms with Crippen LogP contribution in [0.25, 0.3) is 0 Å². The maximum atomic E-state index is 11.9. The van der Waals surface area contributed by atoms with E-state index in [1.54, 1.807) is 6.07 Å². The maximum Gasteiger partial charge on any atom is 0.313 e. The molecule has 22 heavy (non-hydrogen) atoms. The molecule has 0 saturated carbocycles. The van der Waals surface area contributed by atoms with Crippen LogP contribution in [0.1, 0.15) is 44.7 Å². The Hall–Kier alpha value is -1.88. The Balaban J connectivity index is 2.63. The first-order valence-corrected chi connectivity index (χ1v) is 7.76. The molecule has 122 valence electrons. The number of aryl methyl sites for hydroxylation is 2. The predicted octanol–water partition coefficient (Wildman–Crippen LogP) is 2.16. The van der Waals surface area contributed by atoms with Crippen LogP contribution in [0.3, 0.4) is 0 Å². The Kier molecular flexibility index (Phi) is 6.56. The van der Waals surface area contributed by atoms with Crippen molar-refractivity contribution < 1.29 is 14.7 Å². The summed E-state index contributed by atoms with van der Waals surface area (Å²) < 4.78 is 0. The monoisotopic (exact) mass is 306 g/mol. The van der Waals surface area contributed by atoms with Crippen LogP contribution in [0.4, 0.5) is 5.69 Å². The van der Waals surface area contributed by atoms with Crippen molar-refractivity contribution in [3.63, 3.8) is 0 Å². The highest BCUT2D eigenvalue weighted by Gasteiger charge is 2.24. The van der Waals surface area contributed by atoms with Crippen LogP contribution in [0, 0.1) is 6.92 Å². The Morgan fingerprint density at radius 3 is 2.32 bits per heavy atom. The molecule has 0 fully saturated rings. The third kappa shape index (κ3) is 4.84. The highest BCUT2D eigenvalue weighted by molar-refractivity contribution is 6.39. The van der Waals surface area contributed by atoms with E-state index < -0.39 is 17.4 Å². The van der Waals surface area contributed by atoms with Crippen LogP contribution in [0.5, 0.6) is 0 Å². The van der Waals surface area contributed by atoms with Gasteiger partial charge in [0.05, 0.1) is 5.60 Å². The number of rotatable bonds is 6. The minimum atomic E-state index is -0.963. The summed E-state index contributed by atoms with van der Waals surface area (Å²) in [5, 5.41) is 15.2. The number of carbonyl (C=O) groups is 2. The van der Waals surface area contributed by atoms with Crippen molar-refractivity contribution in [3.8, 4) is 0 Å². The summed E-state index contributed by atoms with van der Waals surface area (Å²) >= 11 is 0. The van der Waals surface area contributed by atoms with Crippen molar-refractivity contribution in [3.05, 3.63) is 29.3 Å². The van der Waals surface area contributed by atoms with Gasteiger partial charge in [-0.2, -0.15) is 0 Å². The zero-order chi connectivity index (χ0) is 16.8. The molecule has 1 aromatic rings. The SMILES string of the molecule is CCc1cc(NC(=O)C(=O)NCC(O)(CC)CC)ccc1C. The normalized spacial score (nSPS) is 11.1. The van der Waals surface area contributed by atoms with E-state index in [9.17, 15) is 14.7 Å². The molecule has 0 aliphatic rings. The van der Waals surface area contributed by atoms with E-state index in [1.807, 2.05) is 39.8 Å². The van der Waals surface area contributed by atoms with Gasteiger partial charge in [0.15, 0.2) is 0 Å². The molecule has 0 atom stereocenters. The number of hydrogen-bond donors (Lipinski definition) is 3. The third-order valence-electron chi connectivity index (χ3n) is 4.09. The van der Waals surface area contributed by atoms with Gasteiger partial charge in [0, 0.05) is 12.2 Å².